The van der Waals surface area contributed by atoms with Crippen LogP contribution in [0.2, 0.25) is 0 Å². The Labute approximate surface area is 77.5 Å². The smallest absolute Gasteiger partial charge is 0.324 e. The molecule has 0 saturated heterocycles. The highest BCUT2D eigenvalue weighted by molar-refractivity contribution is 5.97. The zero-order chi connectivity index (χ0) is 10.4. The fraction of sp³-hybridized carbons (Fsp3) is 0.556. The van der Waals surface area contributed by atoms with Crippen molar-refractivity contribution in [3.05, 3.63) is 12.2 Å². The van der Waals surface area contributed by atoms with Crippen molar-refractivity contribution in [2.75, 3.05) is 14.2 Å². The third kappa shape index (κ3) is 2.89. The molecule has 0 atom stereocenters. The van der Waals surface area contributed by atoms with E-state index in [-0.39, 0.29) is 0 Å². The van der Waals surface area contributed by atoms with E-state index in [2.05, 4.69) is 16.1 Å². The van der Waals surface area contributed by atoms with E-state index in [1.54, 1.807) is 6.92 Å². The summed E-state index contributed by atoms with van der Waals surface area (Å²) in [6.07, 6.45) is 0.537. The number of methoxy groups -OCH3 is 2. The number of hydrogen-bond donors (Lipinski definition) is 0. The molecule has 0 aliphatic heterocycles. The SMILES string of the molecule is C=C(CC)C(C(=O)OC)C(=O)OC. The average Bonchev–Trinajstić information content (AvgIpc) is 2.16. The van der Waals surface area contributed by atoms with Crippen LogP contribution in [0, 0.1) is 5.92 Å². The third-order valence-electron chi connectivity index (χ3n) is 1.74. The second kappa shape index (κ2) is 5.35. The first-order valence-electron chi connectivity index (χ1n) is 3.91. The second-order valence-corrected chi connectivity index (χ2v) is 2.49. The fourth-order valence-corrected chi connectivity index (χ4v) is 0.869. The molecule has 0 unspecified atom stereocenters. The molecule has 0 aromatic heterocycles. The van der Waals surface area contributed by atoms with Crippen LogP contribution in [0.4, 0.5) is 0 Å². The molecule has 13 heavy (non-hydrogen) atoms. The maximum Gasteiger partial charge on any atom is 0.324 e. The van der Waals surface area contributed by atoms with Crippen molar-refractivity contribution in [2.45, 2.75) is 13.3 Å². The van der Waals surface area contributed by atoms with E-state index in [9.17, 15) is 9.59 Å². The lowest BCUT2D eigenvalue weighted by molar-refractivity contribution is -0.156. The van der Waals surface area contributed by atoms with Crippen LogP contribution in [0.15, 0.2) is 12.2 Å². The van der Waals surface area contributed by atoms with Gasteiger partial charge in [0.2, 0.25) is 0 Å². The molecular formula is C9H14O4. The predicted octanol–water partition coefficient (Wildman–Crippen LogP) is 0.915. The van der Waals surface area contributed by atoms with E-state index in [0.717, 1.165) is 0 Å². The first-order chi connectivity index (χ1) is 6.08. The molecule has 0 aromatic carbocycles. The molecule has 0 spiro atoms. The number of esters is 2. The normalized spacial score (nSPS) is 9.54. The summed E-state index contributed by atoms with van der Waals surface area (Å²) in [5.41, 5.74) is 0.499. The molecular weight excluding hydrogens is 172 g/mol. The Morgan fingerprint density at radius 3 is 1.85 bits per heavy atom. The maximum absolute atomic E-state index is 11.1. The minimum Gasteiger partial charge on any atom is -0.468 e. The fourth-order valence-electron chi connectivity index (χ4n) is 0.869. The van der Waals surface area contributed by atoms with Crippen LogP contribution in [0.3, 0.4) is 0 Å². The highest BCUT2D eigenvalue weighted by Crippen LogP contribution is 2.15. The van der Waals surface area contributed by atoms with Gasteiger partial charge in [-0.15, -0.1) is 0 Å². The van der Waals surface area contributed by atoms with Gasteiger partial charge in [-0.1, -0.05) is 19.1 Å². The Bertz CT molecular complexity index is 182. The summed E-state index contributed by atoms with van der Waals surface area (Å²) in [5.74, 6) is -2.24. The molecule has 0 aliphatic carbocycles. The van der Waals surface area contributed by atoms with E-state index in [1.807, 2.05) is 0 Å². The summed E-state index contributed by atoms with van der Waals surface area (Å²) in [6, 6.07) is 0. The van der Waals surface area contributed by atoms with Gasteiger partial charge in [0.15, 0.2) is 5.92 Å². The van der Waals surface area contributed by atoms with Crippen molar-refractivity contribution in [1.82, 2.24) is 0 Å². The average molecular weight is 186 g/mol. The molecule has 0 aliphatic rings. The summed E-state index contributed by atoms with van der Waals surface area (Å²) in [4.78, 5) is 22.3. The summed E-state index contributed by atoms with van der Waals surface area (Å²) in [6.45, 7) is 5.42. The van der Waals surface area contributed by atoms with Crippen LogP contribution in [-0.4, -0.2) is 26.2 Å². The summed E-state index contributed by atoms with van der Waals surface area (Å²) < 4.78 is 8.92. The Hall–Kier alpha value is -1.32. The predicted molar refractivity (Wildman–Crippen MR) is 47.0 cm³/mol. The van der Waals surface area contributed by atoms with Gasteiger partial charge in [-0.2, -0.15) is 0 Å². The van der Waals surface area contributed by atoms with Crippen molar-refractivity contribution in [1.29, 1.82) is 0 Å². The van der Waals surface area contributed by atoms with E-state index in [4.69, 9.17) is 0 Å². The van der Waals surface area contributed by atoms with Crippen LogP contribution >= 0.6 is 0 Å². The number of carbonyl (C=O) groups is 2. The van der Waals surface area contributed by atoms with Gasteiger partial charge < -0.3 is 9.47 Å². The highest BCUT2D eigenvalue weighted by atomic mass is 16.5. The number of carbonyl (C=O) groups excluding carboxylic acids is 2. The minimum absolute atomic E-state index is 0.499. The van der Waals surface area contributed by atoms with Crippen LogP contribution in [-0.2, 0) is 19.1 Å². The van der Waals surface area contributed by atoms with E-state index < -0.39 is 17.9 Å². The zero-order valence-corrected chi connectivity index (χ0v) is 8.12. The molecule has 0 heterocycles. The molecule has 0 N–H and O–H groups in total. The minimum atomic E-state index is -0.986. The van der Waals surface area contributed by atoms with Gasteiger partial charge in [0.1, 0.15) is 0 Å². The lowest BCUT2D eigenvalue weighted by atomic mass is 9.99. The molecule has 0 aromatic rings. The number of rotatable bonds is 4. The summed E-state index contributed by atoms with van der Waals surface area (Å²) in [5, 5.41) is 0. The molecule has 0 amide bonds. The molecule has 0 fully saturated rings. The van der Waals surface area contributed by atoms with Crippen LogP contribution in [0.1, 0.15) is 13.3 Å². The Balaban J connectivity index is 4.64. The van der Waals surface area contributed by atoms with E-state index >= 15 is 0 Å². The standard InChI is InChI=1S/C9H14O4/c1-5-6(2)7(8(10)12-3)9(11)13-4/h7H,2,5H2,1,3-4H3. The van der Waals surface area contributed by atoms with E-state index in [0.29, 0.717) is 12.0 Å². The Morgan fingerprint density at radius 1 is 1.23 bits per heavy atom. The first-order valence-corrected chi connectivity index (χ1v) is 3.91. The topological polar surface area (TPSA) is 52.6 Å². The summed E-state index contributed by atoms with van der Waals surface area (Å²) in [7, 11) is 2.45. The van der Waals surface area contributed by atoms with Crippen LogP contribution in [0.5, 0.6) is 0 Å². The van der Waals surface area contributed by atoms with Crippen molar-refractivity contribution >= 4 is 11.9 Å². The molecule has 0 rings (SSSR count). The van der Waals surface area contributed by atoms with Crippen molar-refractivity contribution < 1.29 is 19.1 Å². The van der Waals surface area contributed by atoms with Crippen molar-refractivity contribution in [3.8, 4) is 0 Å². The lowest BCUT2D eigenvalue weighted by Gasteiger charge is -2.13. The zero-order valence-electron chi connectivity index (χ0n) is 8.12. The third-order valence-corrected chi connectivity index (χ3v) is 1.74. The van der Waals surface area contributed by atoms with Gasteiger partial charge in [-0.25, -0.2) is 0 Å². The second-order valence-electron chi connectivity index (χ2n) is 2.49. The van der Waals surface area contributed by atoms with Crippen molar-refractivity contribution in [2.24, 2.45) is 5.92 Å². The Morgan fingerprint density at radius 2 is 1.62 bits per heavy atom. The van der Waals surface area contributed by atoms with Gasteiger partial charge in [0, 0.05) is 0 Å². The van der Waals surface area contributed by atoms with Gasteiger partial charge in [-0.05, 0) is 6.42 Å². The van der Waals surface area contributed by atoms with E-state index in [1.165, 1.54) is 14.2 Å². The monoisotopic (exact) mass is 186 g/mol. The van der Waals surface area contributed by atoms with Gasteiger partial charge in [-0.3, -0.25) is 9.59 Å². The first kappa shape index (κ1) is 11.7. The molecule has 4 nitrogen and oxygen atoms in total. The van der Waals surface area contributed by atoms with Crippen LogP contribution < -0.4 is 0 Å². The van der Waals surface area contributed by atoms with Gasteiger partial charge in [0.25, 0.3) is 0 Å². The van der Waals surface area contributed by atoms with Crippen molar-refractivity contribution in [3.63, 3.8) is 0 Å². The Kier molecular flexibility index (Phi) is 4.80. The molecule has 74 valence electrons. The lowest BCUT2D eigenvalue weighted by Crippen LogP contribution is -2.27. The molecule has 4 heteroatoms. The van der Waals surface area contributed by atoms with Gasteiger partial charge in [0.05, 0.1) is 14.2 Å². The molecule has 0 saturated carbocycles. The summed E-state index contributed by atoms with van der Waals surface area (Å²) >= 11 is 0. The molecule has 0 radical (unpaired) electrons. The maximum atomic E-state index is 11.1. The van der Waals surface area contributed by atoms with Gasteiger partial charge >= 0.3 is 11.9 Å². The quantitative estimate of drug-likeness (QED) is 0.372. The highest BCUT2D eigenvalue weighted by Gasteiger charge is 2.30. The van der Waals surface area contributed by atoms with Crippen LogP contribution in [0.25, 0.3) is 0 Å². The molecule has 0 bridgehead atoms. The number of ether oxygens (including phenoxy) is 2. The largest absolute Gasteiger partial charge is 0.468 e. The number of hydrogen-bond acceptors (Lipinski definition) is 4.